The van der Waals surface area contributed by atoms with Gasteiger partial charge in [-0.15, -0.1) is 0 Å². The predicted octanol–water partition coefficient (Wildman–Crippen LogP) is 2.03. The molecule has 18 heavy (non-hydrogen) atoms. The number of nitrogens with one attached hydrogen (secondary N) is 1. The Kier molecular flexibility index (Phi) is 3.57. The molecule has 1 aromatic carbocycles. The third kappa shape index (κ3) is 2.85. The molecule has 2 rings (SSSR count). The summed E-state index contributed by atoms with van der Waals surface area (Å²) in [6, 6.07) is 9.25. The predicted molar refractivity (Wildman–Crippen MR) is 68.3 cm³/mol. The summed E-state index contributed by atoms with van der Waals surface area (Å²) in [6.45, 7) is 2.46. The van der Waals surface area contributed by atoms with Crippen LogP contribution >= 0.6 is 0 Å². The van der Waals surface area contributed by atoms with Crippen molar-refractivity contribution in [1.29, 1.82) is 0 Å². The highest BCUT2D eigenvalue weighted by atomic mass is 16.3. The molecule has 4 heteroatoms. The van der Waals surface area contributed by atoms with E-state index in [9.17, 15) is 9.90 Å². The van der Waals surface area contributed by atoms with E-state index in [1.54, 1.807) is 0 Å². The van der Waals surface area contributed by atoms with E-state index in [4.69, 9.17) is 0 Å². The lowest BCUT2D eigenvalue weighted by Gasteiger charge is -2.07. The van der Waals surface area contributed by atoms with Gasteiger partial charge in [-0.25, -0.2) is 0 Å². The molecule has 2 aromatic rings. The van der Waals surface area contributed by atoms with Crippen LogP contribution in [0.2, 0.25) is 0 Å². The second-order valence-electron chi connectivity index (χ2n) is 4.04. The topological polar surface area (TPSA) is 62.2 Å². The zero-order chi connectivity index (χ0) is 13.0. The minimum Gasteiger partial charge on any atom is -0.506 e. The number of hydrogen-bond acceptors (Lipinski definition) is 3. The van der Waals surface area contributed by atoms with E-state index in [1.165, 1.54) is 18.5 Å². The van der Waals surface area contributed by atoms with Gasteiger partial charge in [-0.1, -0.05) is 24.3 Å². The van der Waals surface area contributed by atoms with Crippen LogP contribution in [0.25, 0.3) is 0 Å². The SMILES string of the molecule is Cc1ccccc1CNC(=O)c1cncc(O)c1. The number of aryl methyl sites for hydroxylation is 1. The molecule has 92 valence electrons. The normalized spacial score (nSPS) is 10.1. The molecule has 4 nitrogen and oxygen atoms in total. The van der Waals surface area contributed by atoms with Crippen molar-refractivity contribution < 1.29 is 9.90 Å². The smallest absolute Gasteiger partial charge is 0.253 e. The number of aromatic nitrogens is 1. The van der Waals surface area contributed by atoms with Gasteiger partial charge in [-0.2, -0.15) is 0 Å². The van der Waals surface area contributed by atoms with Crippen LogP contribution in [0.3, 0.4) is 0 Å². The molecule has 0 aliphatic carbocycles. The first-order chi connectivity index (χ1) is 8.66. The molecular weight excluding hydrogens is 228 g/mol. The number of carbonyl (C=O) groups is 1. The van der Waals surface area contributed by atoms with Crippen LogP contribution < -0.4 is 5.32 Å². The third-order valence-corrected chi connectivity index (χ3v) is 2.69. The summed E-state index contributed by atoms with van der Waals surface area (Å²) in [5.74, 6) is -0.264. The fraction of sp³-hybridized carbons (Fsp3) is 0.143. The Bertz CT molecular complexity index is 567. The van der Waals surface area contributed by atoms with Crippen LogP contribution in [0.4, 0.5) is 0 Å². The maximum atomic E-state index is 11.8. The van der Waals surface area contributed by atoms with Crippen LogP contribution in [-0.2, 0) is 6.54 Å². The Morgan fingerprint density at radius 2 is 2.11 bits per heavy atom. The largest absolute Gasteiger partial charge is 0.506 e. The monoisotopic (exact) mass is 242 g/mol. The van der Waals surface area contributed by atoms with Gasteiger partial charge >= 0.3 is 0 Å². The molecule has 0 fully saturated rings. The second-order valence-corrected chi connectivity index (χ2v) is 4.04. The minimum atomic E-state index is -0.248. The van der Waals surface area contributed by atoms with Gasteiger partial charge in [0.2, 0.25) is 0 Å². The van der Waals surface area contributed by atoms with Crippen LogP contribution in [0.15, 0.2) is 42.7 Å². The van der Waals surface area contributed by atoms with Crippen molar-refractivity contribution in [1.82, 2.24) is 10.3 Å². The van der Waals surface area contributed by atoms with Gasteiger partial charge in [0.25, 0.3) is 5.91 Å². The van der Waals surface area contributed by atoms with Crippen molar-refractivity contribution in [2.24, 2.45) is 0 Å². The molecule has 0 spiro atoms. The van der Waals surface area contributed by atoms with Crippen molar-refractivity contribution in [3.63, 3.8) is 0 Å². The van der Waals surface area contributed by atoms with E-state index in [1.807, 2.05) is 31.2 Å². The molecule has 0 atom stereocenters. The van der Waals surface area contributed by atoms with Gasteiger partial charge < -0.3 is 10.4 Å². The van der Waals surface area contributed by atoms with Crippen molar-refractivity contribution >= 4 is 5.91 Å². The molecule has 0 saturated heterocycles. The molecule has 0 aliphatic heterocycles. The number of nitrogens with zero attached hydrogens (tertiary/aromatic N) is 1. The van der Waals surface area contributed by atoms with Crippen LogP contribution in [-0.4, -0.2) is 16.0 Å². The lowest BCUT2D eigenvalue weighted by atomic mass is 10.1. The van der Waals surface area contributed by atoms with E-state index in [2.05, 4.69) is 10.3 Å². The lowest BCUT2D eigenvalue weighted by molar-refractivity contribution is 0.0950. The molecule has 0 bridgehead atoms. The number of amides is 1. The summed E-state index contributed by atoms with van der Waals surface area (Å²) in [5, 5.41) is 12.0. The van der Waals surface area contributed by atoms with Crippen LogP contribution in [0, 0.1) is 6.92 Å². The quantitative estimate of drug-likeness (QED) is 0.865. The zero-order valence-corrected chi connectivity index (χ0v) is 10.1. The summed E-state index contributed by atoms with van der Waals surface area (Å²) < 4.78 is 0. The fourth-order valence-electron chi connectivity index (χ4n) is 1.64. The molecule has 0 radical (unpaired) electrons. The first kappa shape index (κ1) is 12.1. The first-order valence-corrected chi connectivity index (χ1v) is 5.63. The summed E-state index contributed by atoms with van der Waals surface area (Å²) in [5.41, 5.74) is 2.55. The van der Waals surface area contributed by atoms with Crippen molar-refractivity contribution in [2.75, 3.05) is 0 Å². The number of benzene rings is 1. The van der Waals surface area contributed by atoms with Crippen molar-refractivity contribution in [3.05, 3.63) is 59.4 Å². The molecule has 2 N–H and O–H groups in total. The second kappa shape index (κ2) is 5.31. The fourth-order valence-corrected chi connectivity index (χ4v) is 1.64. The van der Waals surface area contributed by atoms with E-state index in [-0.39, 0.29) is 11.7 Å². The molecule has 0 aliphatic rings. The zero-order valence-electron chi connectivity index (χ0n) is 10.1. The molecular formula is C14H14N2O2. The summed E-state index contributed by atoms with van der Waals surface area (Å²) in [6.07, 6.45) is 2.71. The molecule has 1 amide bonds. The molecule has 0 saturated carbocycles. The van der Waals surface area contributed by atoms with Crippen LogP contribution in [0.1, 0.15) is 21.5 Å². The standard InChI is InChI=1S/C14H14N2O2/c1-10-4-2-3-5-11(10)8-16-14(18)12-6-13(17)9-15-7-12/h2-7,9,17H,8H2,1H3,(H,16,18). The lowest BCUT2D eigenvalue weighted by Crippen LogP contribution is -2.23. The van der Waals surface area contributed by atoms with E-state index >= 15 is 0 Å². The number of rotatable bonds is 3. The first-order valence-electron chi connectivity index (χ1n) is 5.63. The summed E-state index contributed by atoms with van der Waals surface area (Å²) in [7, 11) is 0. The summed E-state index contributed by atoms with van der Waals surface area (Å²) >= 11 is 0. The van der Waals surface area contributed by atoms with Gasteiger partial charge in [-0.05, 0) is 24.1 Å². The number of pyridine rings is 1. The Hall–Kier alpha value is -2.36. The summed E-state index contributed by atoms with van der Waals surface area (Å²) in [4.78, 5) is 15.6. The van der Waals surface area contributed by atoms with Crippen LogP contribution in [0.5, 0.6) is 5.75 Å². The van der Waals surface area contributed by atoms with Gasteiger partial charge in [0, 0.05) is 12.7 Å². The van der Waals surface area contributed by atoms with E-state index < -0.39 is 0 Å². The Morgan fingerprint density at radius 3 is 2.83 bits per heavy atom. The highest BCUT2D eigenvalue weighted by Gasteiger charge is 2.07. The van der Waals surface area contributed by atoms with Gasteiger partial charge in [0.1, 0.15) is 5.75 Å². The Morgan fingerprint density at radius 1 is 1.33 bits per heavy atom. The number of hydrogen-bond donors (Lipinski definition) is 2. The number of aromatic hydroxyl groups is 1. The maximum Gasteiger partial charge on any atom is 0.253 e. The third-order valence-electron chi connectivity index (χ3n) is 2.69. The highest BCUT2D eigenvalue weighted by molar-refractivity contribution is 5.94. The average Bonchev–Trinajstić information content (AvgIpc) is 2.37. The maximum absolute atomic E-state index is 11.8. The number of carbonyl (C=O) groups excluding carboxylic acids is 1. The van der Waals surface area contributed by atoms with Crippen molar-refractivity contribution in [2.45, 2.75) is 13.5 Å². The van der Waals surface area contributed by atoms with E-state index in [0.29, 0.717) is 12.1 Å². The van der Waals surface area contributed by atoms with Gasteiger partial charge in [0.15, 0.2) is 0 Å². The Labute approximate surface area is 105 Å². The molecule has 0 unspecified atom stereocenters. The molecule has 1 aromatic heterocycles. The van der Waals surface area contributed by atoms with E-state index in [0.717, 1.165) is 11.1 Å². The minimum absolute atomic E-state index is 0.0152. The van der Waals surface area contributed by atoms with Crippen molar-refractivity contribution in [3.8, 4) is 5.75 Å². The average molecular weight is 242 g/mol. The Balaban J connectivity index is 2.03. The molecule has 1 heterocycles. The van der Waals surface area contributed by atoms with Gasteiger partial charge in [0.05, 0.1) is 11.8 Å². The highest BCUT2D eigenvalue weighted by Crippen LogP contribution is 2.09. The van der Waals surface area contributed by atoms with Gasteiger partial charge in [-0.3, -0.25) is 9.78 Å².